The van der Waals surface area contributed by atoms with E-state index in [0.717, 1.165) is 0 Å². The number of imide groups is 1. The van der Waals surface area contributed by atoms with Crippen molar-refractivity contribution in [3.05, 3.63) is 35.4 Å². The van der Waals surface area contributed by atoms with E-state index in [9.17, 15) is 19.2 Å². The Bertz CT molecular complexity index is 630. The van der Waals surface area contributed by atoms with Gasteiger partial charge in [-0.2, -0.15) is 5.01 Å². The van der Waals surface area contributed by atoms with Crippen LogP contribution in [0.25, 0.3) is 0 Å². The summed E-state index contributed by atoms with van der Waals surface area (Å²) in [5.74, 6) is 2.86. The summed E-state index contributed by atoms with van der Waals surface area (Å²) in [6, 6.07) is 5.73. The summed E-state index contributed by atoms with van der Waals surface area (Å²) in [6.45, 7) is 3.61. The van der Waals surface area contributed by atoms with E-state index in [-0.39, 0.29) is 24.0 Å². The molecule has 24 heavy (non-hydrogen) atoms. The Morgan fingerprint density at radius 3 is 2.25 bits per heavy atom. The molecule has 0 saturated carbocycles. The first-order valence-corrected chi connectivity index (χ1v) is 7.72. The maximum Gasteiger partial charge on any atom is 0.279 e. The monoisotopic (exact) mass is 334 g/mol. The van der Waals surface area contributed by atoms with Crippen LogP contribution in [0, 0.1) is 0 Å². The minimum atomic E-state index is -0.704. The highest BCUT2D eigenvalue weighted by Gasteiger charge is 2.24. The SMILES string of the molecule is CCCC(=O)NN(C(=O)CCC)C(=O)c1cccc(C(=O)NN)c1. The van der Waals surface area contributed by atoms with E-state index in [1.165, 1.54) is 24.3 Å². The molecule has 0 aromatic heterocycles. The minimum Gasteiger partial charge on any atom is -0.290 e. The van der Waals surface area contributed by atoms with Crippen LogP contribution in [0.1, 0.15) is 60.2 Å². The quantitative estimate of drug-likeness (QED) is 0.405. The molecule has 0 aliphatic carbocycles. The van der Waals surface area contributed by atoms with Crippen molar-refractivity contribution in [3.8, 4) is 0 Å². The van der Waals surface area contributed by atoms with Crippen LogP contribution in [-0.2, 0) is 9.59 Å². The number of rotatable bonds is 6. The molecule has 4 amide bonds. The average Bonchev–Trinajstić information content (AvgIpc) is 2.59. The van der Waals surface area contributed by atoms with Crippen LogP contribution in [-0.4, -0.2) is 28.6 Å². The lowest BCUT2D eigenvalue weighted by molar-refractivity contribution is -0.138. The van der Waals surface area contributed by atoms with Crippen LogP contribution in [0.3, 0.4) is 0 Å². The molecule has 0 aliphatic rings. The lowest BCUT2D eigenvalue weighted by Gasteiger charge is -2.21. The average molecular weight is 334 g/mol. The summed E-state index contributed by atoms with van der Waals surface area (Å²) < 4.78 is 0. The van der Waals surface area contributed by atoms with Gasteiger partial charge in [0.05, 0.1) is 0 Å². The van der Waals surface area contributed by atoms with Crippen LogP contribution >= 0.6 is 0 Å². The van der Waals surface area contributed by atoms with Crippen LogP contribution in [0.4, 0.5) is 0 Å². The van der Waals surface area contributed by atoms with Gasteiger partial charge in [-0.1, -0.05) is 19.9 Å². The van der Waals surface area contributed by atoms with Crippen LogP contribution in [0.5, 0.6) is 0 Å². The molecule has 0 aliphatic heterocycles. The van der Waals surface area contributed by atoms with Crippen LogP contribution < -0.4 is 16.7 Å². The maximum atomic E-state index is 12.6. The summed E-state index contributed by atoms with van der Waals surface area (Å²) in [7, 11) is 0. The predicted octanol–water partition coefficient (Wildman–Crippen LogP) is 0.890. The van der Waals surface area contributed by atoms with Gasteiger partial charge in [0.15, 0.2) is 0 Å². The zero-order valence-electron chi connectivity index (χ0n) is 13.8. The van der Waals surface area contributed by atoms with Crippen molar-refractivity contribution in [2.24, 2.45) is 5.84 Å². The number of nitrogens with zero attached hydrogens (tertiary/aromatic N) is 1. The number of nitrogens with one attached hydrogen (secondary N) is 2. The highest BCUT2D eigenvalue weighted by Crippen LogP contribution is 2.10. The number of hydrogen-bond donors (Lipinski definition) is 3. The van der Waals surface area contributed by atoms with Crippen molar-refractivity contribution in [2.75, 3.05) is 0 Å². The van der Waals surface area contributed by atoms with E-state index >= 15 is 0 Å². The number of benzene rings is 1. The van der Waals surface area contributed by atoms with Gasteiger partial charge >= 0.3 is 0 Å². The van der Waals surface area contributed by atoms with E-state index in [2.05, 4.69) is 5.43 Å². The molecule has 0 radical (unpaired) electrons. The van der Waals surface area contributed by atoms with Gasteiger partial charge in [-0.25, -0.2) is 5.84 Å². The van der Waals surface area contributed by atoms with Gasteiger partial charge < -0.3 is 0 Å². The van der Waals surface area contributed by atoms with Crippen LogP contribution in [0.2, 0.25) is 0 Å². The Kier molecular flexibility index (Phi) is 7.57. The topological polar surface area (TPSA) is 122 Å². The van der Waals surface area contributed by atoms with Crippen molar-refractivity contribution in [1.82, 2.24) is 15.9 Å². The molecule has 0 unspecified atom stereocenters. The smallest absolute Gasteiger partial charge is 0.279 e. The predicted molar refractivity (Wildman–Crippen MR) is 87.2 cm³/mol. The molecule has 0 heterocycles. The van der Waals surface area contributed by atoms with Gasteiger partial charge in [0.1, 0.15) is 0 Å². The van der Waals surface area contributed by atoms with Crippen molar-refractivity contribution >= 4 is 23.6 Å². The molecule has 1 rings (SSSR count). The fourth-order valence-electron chi connectivity index (χ4n) is 1.97. The normalized spacial score (nSPS) is 9.96. The van der Waals surface area contributed by atoms with E-state index < -0.39 is 23.6 Å². The largest absolute Gasteiger partial charge is 0.290 e. The fraction of sp³-hybridized carbons (Fsp3) is 0.375. The first-order valence-electron chi connectivity index (χ1n) is 7.72. The second-order valence-corrected chi connectivity index (χ2v) is 5.12. The maximum absolute atomic E-state index is 12.6. The fourth-order valence-corrected chi connectivity index (χ4v) is 1.97. The number of hydrogen-bond acceptors (Lipinski definition) is 5. The number of nitrogen functional groups attached to an aromatic ring is 1. The zero-order valence-corrected chi connectivity index (χ0v) is 13.8. The van der Waals surface area contributed by atoms with Gasteiger partial charge in [0.2, 0.25) is 11.8 Å². The number of amides is 4. The van der Waals surface area contributed by atoms with E-state index in [1.54, 1.807) is 6.92 Å². The van der Waals surface area contributed by atoms with E-state index in [0.29, 0.717) is 17.9 Å². The van der Waals surface area contributed by atoms with Gasteiger partial charge in [-0.3, -0.25) is 30.0 Å². The van der Waals surface area contributed by atoms with E-state index in [1.807, 2.05) is 12.3 Å². The van der Waals surface area contributed by atoms with Gasteiger partial charge in [-0.15, -0.1) is 0 Å². The third kappa shape index (κ3) is 5.17. The lowest BCUT2D eigenvalue weighted by Crippen LogP contribution is -2.49. The molecule has 1 aromatic rings. The Morgan fingerprint density at radius 1 is 1.04 bits per heavy atom. The molecule has 4 N–H and O–H groups in total. The summed E-state index contributed by atoms with van der Waals surface area (Å²) in [5, 5.41) is 0.709. The molecule has 8 nitrogen and oxygen atoms in total. The minimum absolute atomic E-state index is 0.0948. The number of nitrogens with two attached hydrogens (primary N) is 1. The summed E-state index contributed by atoms with van der Waals surface area (Å²) >= 11 is 0. The summed E-state index contributed by atoms with van der Waals surface area (Å²) in [4.78, 5) is 48.1. The van der Waals surface area contributed by atoms with Gasteiger partial charge in [0, 0.05) is 24.0 Å². The van der Waals surface area contributed by atoms with Gasteiger partial charge in [-0.05, 0) is 31.0 Å². The number of carbonyl (C=O) groups excluding carboxylic acids is 4. The second-order valence-electron chi connectivity index (χ2n) is 5.12. The molecule has 0 saturated heterocycles. The first-order chi connectivity index (χ1) is 11.4. The molecular formula is C16H22N4O4. The first kappa shape index (κ1) is 19.3. The van der Waals surface area contributed by atoms with Crippen molar-refractivity contribution in [3.63, 3.8) is 0 Å². The number of carbonyl (C=O) groups is 4. The second kappa shape index (κ2) is 9.41. The van der Waals surface area contributed by atoms with Crippen molar-refractivity contribution in [2.45, 2.75) is 39.5 Å². The Labute approximate surface area is 140 Å². The molecular weight excluding hydrogens is 312 g/mol. The summed E-state index contributed by atoms with van der Waals surface area (Å²) in [5.41, 5.74) is 4.57. The van der Waals surface area contributed by atoms with Crippen molar-refractivity contribution < 1.29 is 19.2 Å². The molecule has 1 aromatic carbocycles. The Balaban J connectivity index is 3.08. The van der Waals surface area contributed by atoms with E-state index in [4.69, 9.17) is 5.84 Å². The molecule has 130 valence electrons. The third-order valence-corrected chi connectivity index (χ3v) is 3.13. The Hall–Kier alpha value is -2.74. The lowest BCUT2D eigenvalue weighted by atomic mass is 10.1. The molecule has 0 atom stereocenters. The Morgan fingerprint density at radius 2 is 1.67 bits per heavy atom. The highest BCUT2D eigenvalue weighted by molar-refractivity contribution is 6.07. The van der Waals surface area contributed by atoms with Gasteiger partial charge in [0.25, 0.3) is 11.8 Å². The molecule has 0 spiro atoms. The molecule has 0 bridgehead atoms. The molecule has 8 heteroatoms. The molecule has 0 fully saturated rings. The summed E-state index contributed by atoms with van der Waals surface area (Å²) in [6.07, 6.45) is 1.42. The highest BCUT2D eigenvalue weighted by atomic mass is 16.2. The van der Waals surface area contributed by atoms with Crippen molar-refractivity contribution in [1.29, 1.82) is 0 Å². The third-order valence-electron chi connectivity index (χ3n) is 3.13. The zero-order chi connectivity index (χ0) is 18.1. The number of hydrazine groups is 2. The standard InChI is InChI=1S/C16H22N4O4/c1-3-6-13(21)19-20(14(22)7-4-2)16(24)12-9-5-8-11(10-12)15(23)18-17/h5,8-10H,3-4,6-7,17H2,1-2H3,(H,18,23)(H,19,21). The van der Waals surface area contributed by atoms with Crippen LogP contribution in [0.15, 0.2) is 24.3 Å².